The lowest BCUT2D eigenvalue weighted by Gasteiger charge is -2.40. The molecule has 0 aliphatic carbocycles. The maximum Gasteiger partial charge on any atom is 0.330 e. The summed E-state index contributed by atoms with van der Waals surface area (Å²) < 4.78 is 49.6. The Bertz CT molecular complexity index is 1140. The molecule has 2 saturated heterocycles. The fourth-order valence-electron chi connectivity index (χ4n) is 4.00. The highest BCUT2D eigenvalue weighted by atomic mass is 31.3. The number of aromatic amines is 1. The average Bonchev–Trinajstić information content (AvgIpc) is 3.10. The second-order valence-corrected chi connectivity index (χ2v) is 11.9. The number of quaternary nitrogens is 1. The van der Waals surface area contributed by atoms with Crippen LogP contribution in [0.5, 0.6) is 0 Å². The molecule has 0 radical (unpaired) electrons. The smallest absolute Gasteiger partial charge is 0.330 e. The van der Waals surface area contributed by atoms with E-state index in [0.29, 0.717) is 0 Å². The minimum atomic E-state index is -5.51. The molecule has 3 rings (SSSR count). The van der Waals surface area contributed by atoms with Gasteiger partial charge in [-0.2, -0.15) is 0 Å². The van der Waals surface area contributed by atoms with E-state index in [-0.39, 0.29) is 18.4 Å². The van der Waals surface area contributed by atoms with Crippen LogP contribution in [-0.2, 0) is 32.0 Å². The zero-order chi connectivity index (χ0) is 27.0. The SMILES string of the molecule is Cc1cn([C@H]2C[C@H](O)[C@@H](COP(=O)([O-])OP(=O)([O-])O[C@@H]3C[C@H]([NH+](C)C)[C@H](O)[C@H](C)O3)O2)c(=O)[nH]c1=O. The number of rotatable bonds is 9. The van der Waals surface area contributed by atoms with Crippen molar-refractivity contribution >= 4 is 15.6 Å². The summed E-state index contributed by atoms with van der Waals surface area (Å²) in [7, 11) is -7.50. The fourth-order valence-corrected chi connectivity index (χ4v) is 6.08. The number of likely N-dealkylation sites (N-methyl/N-ethyl adjacent to an activating group) is 1. The molecule has 0 spiro atoms. The molecule has 0 amide bonds. The molecule has 4 N–H and O–H groups in total. The van der Waals surface area contributed by atoms with Gasteiger partial charge in [-0.3, -0.25) is 28.0 Å². The number of aryl methyl sites for hydroxylation is 1. The summed E-state index contributed by atoms with van der Waals surface area (Å²) in [4.78, 5) is 50.8. The third-order valence-electron chi connectivity index (χ3n) is 5.95. The molecule has 2 aliphatic heterocycles. The van der Waals surface area contributed by atoms with E-state index >= 15 is 0 Å². The molecule has 1 aromatic heterocycles. The first-order valence-corrected chi connectivity index (χ1v) is 14.0. The molecule has 3 heterocycles. The zero-order valence-electron chi connectivity index (χ0n) is 20.0. The van der Waals surface area contributed by atoms with Crippen LogP contribution in [0, 0.1) is 6.92 Å². The van der Waals surface area contributed by atoms with Crippen molar-refractivity contribution in [2.45, 2.75) is 69.7 Å². The number of nitrogens with one attached hydrogen (secondary N) is 2. The molecule has 206 valence electrons. The number of hydrogen-bond acceptors (Lipinski definition) is 13. The van der Waals surface area contributed by atoms with Gasteiger partial charge in [-0.25, -0.2) is 9.11 Å². The number of hydrogen-bond donors (Lipinski definition) is 4. The predicted octanol–water partition coefficient (Wildman–Crippen LogP) is -3.51. The quantitative estimate of drug-likeness (QED) is 0.216. The third kappa shape index (κ3) is 7.19. The van der Waals surface area contributed by atoms with Gasteiger partial charge in [-0.05, 0) is 13.8 Å². The van der Waals surface area contributed by atoms with Crippen molar-refractivity contribution in [2.24, 2.45) is 0 Å². The molecule has 2 aliphatic rings. The van der Waals surface area contributed by atoms with Crippen LogP contribution in [0.25, 0.3) is 0 Å². The van der Waals surface area contributed by atoms with Gasteiger partial charge in [-0.1, -0.05) is 0 Å². The minimum Gasteiger partial charge on any atom is -0.756 e. The number of phosphoric ester groups is 2. The van der Waals surface area contributed by atoms with Crippen LogP contribution >= 0.6 is 15.6 Å². The van der Waals surface area contributed by atoms with Crippen molar-refractivity contribution in [1.82, 2.24) is 9.55 Å². The fraction of sp³-hybridized carbons (Fsp3) is 0.778. The Morgan fingerprint density at radius 1 is 1.19 bits per heavy atom. The summed E-state index contributed by atoms with van der Waals surface area (Å²) in [6.45, 7) is 2.14. The molecule has 2 unspecified atom stereocenters. The summed E-state index contributed by atoms with van der Waals surface area (Å²) in [5.41, 5.74) is -1.18. The number of ether oxygens (including phenoxy) is 2. The predicted molar refractivity (Wildman–Crippen MR) is 115 cm³/mol. The number of phosphoric acid groups is 2. The van der Waals surface area contributed by atoms with E-state index in [1.54, 1.807) is 14.1 Å². The Balaban J connectivity index is 1.57. The van der Waals surface area contributed by atoms with Crippen molar-refractivity contribution in [1.29, 1.82) is 0 Å². The standard InChI is InChI=1S/C18H31N3O13P2/c1-9-7-21(18(25)19-17(9)24)14-6-12(22)13(32-14)8-30-35(26,27)34-36(28,29)33-15-5-11(20(3)4)16(23)10(2)31-15/h7,10-16,22-23H,5-6,8H2,1-4H3,(H,26,27)(H,28,29)(H,19,24,25)/p-1/t10-,11-,12-,13+,14+,15+,16+/m0/s1. The molecule has 2 fully saturated rings. The van der Waals surface area contributed by atoms with Gasteiger partial charge in [0.25, 0.3) is 21.2 Å². The molecular weight excluding hydrogens is 528 g/mol. The van der Waals surface area contributed by atoms with Crippen LogP contribution in [-0.4, -0.2) is 77.2 Å². The topological polar surface area (TPSA) is 226 Å². The number of aliphatic hydroxyl groups is 2. The minimum absolute atomic E-state index is 0.0550. The van der Waals surface area contributed by atoms with Gasteiger partial charge >= 0.3 is 5.69 Å². The lowest BCUT2D eigenvalue weighted by molar-refractivity contribution is -0.893. The highest BCUT2D eigenvalue weighted by molar-refractivity contribution is 7.59. The van der Waals surface area contributed by atoms with Gasteiger partial charge in [0.15, 0.2) is 6.29 Å². The van der Waals surface area contributed by atoms with Gasteiger partial charge in [-0.15, -0.1) is 0 Å². The molecule has 36 heavy (non-hydrogen) atoms. The van der Waals surface area contributed by atoms with Crippen LogP contribution in [0.1, 0.15) is 31.6 Å². The van der Waals surface area contributed by atoms with Crippen molar-refractivity contribution in [2.75, 3.05) is 20.7 Å². The van der Waals surface area contributed by atoms with Gasteiger partial charge in [0.2, 0.25) is 0 Å². The molecule has 0 saturated carbocycles. The largest absolute Gasteiger partial charge is 0.756 e. The second kappa shape index (κ2) is 11.2. The van der Waals surface area contributed by atoms with Gasteiger partial charge < -0.3 is 38.9 Å². The van der Waals surface area contributed by atoms with Crippen LogP contribution < -0.4 is 25.9 Å². The first-order chi connectivity index (χ1) is 16.6. The zero-order valence-corrected chi connectivity index (χ0v) is 21.8. The average molecular weight is 558 g/mol. The maximum atomic E-state index is 12.2. The van der Waals surface area contributed by atoms with E-state index in [0.717, 1.165) is 9.47 Å². The molecular formula is C18H30N3O13P2-. The lowest BCUT2D eigenvalue weighted by Crippen LogP contribution is -3.12. The Kier molecular flexibility index (Phi) is 9.14. The Morgan fingerprint density at radius 3 is 2.50 bits per heavy atom. The van der Waals surface area contributed by atoms with Gasteiger partial charge in [0, 0.05) is 18.2 Å². The monoisotopic (exact) mass is 558 g/mol. The number of nitrogens with zero attached hydrogens (tertiary/aromatic N) is 1. The lowest BCUT2D eigenvalue weighted by atomic mass is 9.99. The second-order valence-electron chi connectivity index (χ2n) is 8.97. The molecule has 9 atom stereocenters. The molecule has 16 nitrogen and oxygen atoms in total. The van der Waals surface area contributed by atoms with E-state index in [9.17, 15) is 38.7 Å². The highest BCUT2D eigenvalue weighted by Gasteiger charge is 2.42. The van der Waals surface area contributed by atoms with E-state index in [4.69, 9.17) is 14.0 Å². The first-order valence-electron chi connectivity index (χ1n) is 11.0. The maximum absolute atomic E-state index is 12.2. The summed E-state index contributed by atoms with van der Waals surface area (Å²) in [5.74, 6) is 0. The van der Waals surface area contributed by atoms with Crippen LogP contribution in [0.4, 0.5) is 0 Å². The Labute approximate surface area is 205 Å². The summed E-state index contributed by atoms with van der Waals surface area (Å²) in [6, 6.07) is -0.443. The van der Waals surface area contributed by atoms with E-state index < -0.39 is 76.5 Å². The van der Waals surface area contributed by atoms with E-state index in [2.05, 4.69) is 13.8 Å². The summed E-state index contributed by atoms with van der Waals surface area (Å²) in [5, 5.41) is 20.4. The number of aliphatic hydroxyl groups excluding tert-OH is 2. The third-order valence-corrected chi connectivity index (χ3v) is 8.51. The first kappa shape index (κ1) is 29.3. The molecule has 0 bridgehead atoms. The summed E-state index contributed by atoms with van der Waals surface area (Å²) >= 11 is 0. The van der Waals surface area contributed by atoms with Crippen LogP contribution in [0.3, 0.4) is 0 Å². The normalized spacial score (nSPS) is 34.4. The van der Waals surface area contributed by atoms with Crippen molar-refractivity contribution in [3.8, 4) is 0 Å². The molecule has 0 aromatic carbocycles. The van der Waals surface area contributed by atoms with Crippen LogP contribution in [0.15, 0.2) is 15.8 Å². The van der Waals surface area contributed by atoms with E-state index in [1.807, 2.05) is 0 Å². The highest BCUT2D eigenvalue weighted by Crippen LogP contribution is 2.56. The summed E-state index contributed by atoms with van der Waals surface area (Å²) in [6.07, 6.45) is -5.62. The number of aromatic nitrogens is 2. The number of H-pyrrole nitrogens is 1. The van der Waals surface area contributed by atoms with Crippen molar-refractivity contribution in [3.63, 3.8) is 0 Å². The van der Waals surface area contributed by atoms with Gasteiger partial charge in [0.05, 0.1) is 39.3 Å². The Morgan fingerprint density at radius 2 is 1.86 bits per heavy atom. The van der Waals surface area contributed by atoms with Gasteiger partial charge in [0.1, 0.15) is 24.5 Å². The van der Waals surface area contributed by atoms with Crippen molar-refractivity contribution < 1.29 is 56.9 Å². The van der Waals surface area contributed by atoms with E-state index in [1.165, 1.54) is 20.0 Å². The molecule has 1 aromatic rings. The van der Waals surface area contributed by atoms with Crippen LogP contribution in [0.2, 0.25) is 0 Å². The molecule has 18 heteroatoms. The Hall–Kier alpha value is -1.26. The van der Waals surface area contributed by atoms with Crippen molar-refractivity contribution in [3.05, 3.63) is 32.6 Å².